The highest BCUT2D eigenvalue weighted by molar-refractivity contribution is 14.1. The third kappa shape index (κ3) is 2.89. The number of hydrogen-bond acceptors (Lipinski definition) is 2. The molecule has 0 aliphatic rings. The van der Waals surface area contributed by atoms with Crippen LogP contribution in [-0.4, -0.2) is 5.91 Å². The molecule has 1 N–H and O–H groups in total. The maximum Gasteiger partial charge on any atom is 0.265 e. The number of rotatable bonds is 2. The number of amides is 1. The summed E-state index contributed by atoms with van der Waals surface area (Å²) in [5, 5.41) is 2.79. The van der Waals surface area contributed by atoms with Crippen molar-refractivity contribution in [3.63, 3.8) is 0 Å². The van der Waals surface area contributed by atoms with E-state index in [0.29, 0.717) is 14.1 Å². The standard InChI is InChI=1S/C13H11FINOS/c1-7-5-12(18-8(7)2)13(17)16-11-4-3-9(14)6-10(11)15/h3-6H,1-2H3,(H,16,17). The zero-order chi connectivity index (χ0) is 13.3. The Kier molecular flexibility index (Phi) is 4.01. The lowest BCUT2D eigenvalue weighted by molar-refractivity contribution is 0.103. The van der Waals surface area contributed by atoms with Crippen LogP contribution in [0.3, 0.4) is 0 Å². The zero-order valence-electron chi connectivity index (χ0n) is 9.88. The van der Waals surface area contributed by atoms with Crippen LogP contribution >= 0.6 is 33.9 Å². The molecule has 18 heavy (non-hydrogen) atoms. The predicted molar refractivity (Wildman–Crippen MR) is 80.9 cm³/mol. The van der Waals surface area contributed by atoms with Crippen molar-refractivity contribution in [1.29, 1.82) is 0 Å². The Balaban J connectivity index is 2.21. The molecule has 2 rings (SSSR count). The van der Waals surface area contributed by atoms with Gasteiger partial charge in [0.1, 0.15) is 5.82 Å². The Morgan fingerprint density at radius 3 is 2.61 bits per heavy atom. The molecule has 1 aromatic heterocycles. The summed E-state index contributed by atoms with van der Waals surface area (Å²) in [6, 6.07) is 6.16. The number of nitrogens with one attached hydrogen (secondary N) is 1. The van der Waals surface area contributed by atoms with Crippen molar-refractivity contribution in [3.05, 3.63) is 49.0 Å². The second kappa shape index (κ2) is 5.36. The van der Waals surface area contributed by atoms with Crippen LogP contribution in [0.1, 0.15) is 20.1 Å². The molecule has 1 heterocycles. The summed E-state index contributed by atoms with van der Waals surface area (Å²) in [4.78, 5) is 13.8. The fourth-order valence-corrected chi connectivity index (χ4v) is 3.00. The third-order valence-electron chi connectivity index (χ3n) is 2.57. The van der Waals surface area contributed by atoms with Crippen LogP contribution in [0.25, 0.3) is 0 Å². The molecule has 2 aromatic rings. The minimum Gasteiger partial charge on any atom is -0.320 e. The first-order valence-electron chi connectivity index (χ1n) is 5.31. The first-order chi connectivity index (χ1) is 8.47. The molecule has 1 amide bonds. The highest BCUT2D eigenvalue weighted by Gasteiger charge is 2.12. The molecule has 1 aromatic carbocycles. The van der Waals surface area contributed by atoms with Gasteiger partial charge in [0.2, 0.25) is 0 Å². The van der Waals surface area contributed by atoms with Gasteiger partial charge in [-0.3, -0.25) is 4.79 Å². The Labute approximate surface area is 122 Å². The van der Waals surface area contributed by atoms with E-state index in [1.54, 1.807) is 6.07 Å². The van der Waals surface area contributed by atoms with Gasteiger partial charge in [0.25, 0.3) is 5.91 Å². The smallest absolute Gasteiger partial charge is 0.265 e. The minimum atomic E-state index is -0.305. The number of anilines is 1. The molecule has 0 spiro atoms. The number of aryl methyl sites for hydroxylation is 2. The van der Waals surface area contributed by atoms with Gasteiger partial charge in [0.15, 0.2) is 0 Å². The van der Waals surface area contributed by atoms with Crippen molar-refractivity contribution >= 4 is 45.5 Å². The van der Waals surface area contributed by atoms with E-state index in [1.165, 1.54) is 23.5 Å². The summed E-state index contributed by atoms with van der Waals surface area (Å²) < 4.78 is 13.6. The number of thiophene rings is 1. The molecule has 0 bridgehead atoms. The van der Waals surface area contributed by atoms with Crippen molar-refractivity contribution in [2.75, 3.05) is 5.32 Å². The first kappa shape index (κ1) is 13.5. The quantitative estimate of drug-likeness (QED) is 0.777. The molecule has 0 saturated carbocycles. The lowest BCUT2D eigenvalue weighted by Crippen LogP contribution is -2.11. The summed E-state index contributed by atoms with van der Waals surface area (Å²) in [7, 11) is 0. The zero-order valence-corrected chi connectivity index (χ0v) is 12.9. The van der Waals surface area contributed by atoms with Crippen LogP contribution in [-0.2, 0) is 0 Å². The van der Waals surface area contributed by atoms with E-state index >= 15 is 0 Å². The largest absolute Gasteiger partial charge is 0.320 e. The molecule has 0 aliphatic carbocycles. The molecule has 94 valence electrons. The van der Waals surface area contributed by atoms with E-state index in [2.05, 4.69) is 5.32 Å². The van der Waals surface area contributed by atoms with E-state index in [0.717, 1.165) is 10.4 Å². The van der Waals surface area contributed by atoms with Crippen molar-refractivity contribution in [2.24, 2.45) is 0 Å². The summed E-state index contributed by atoms with van der Waals surface area (Å²) in [5.74, 6) is -0.457. The fourth-order valence-electron chi connectivity index (χ4n) is 1.46. The predicted octanol–water partition coefficient (Wildman–Crippen LogP) is 4.36. The van der Waals surface area contributed by atoms with Crippen LogP contribution in [0.5, 0.6) is 0 Å². The van der Waals surface area contributed by atoms with Crippen molar-refractivity contribution in [3.8, 4) is 0 Å². The maximum atomic E-state index is 12.9. The van der Waals surface area contributed by atoms with Crippen molar-refractivity contribution in [1.82, 2.24) is 0 Å². The van der Waals surface area contributed by atoms with Gasteiger partial charge < -0.3 is 5.32 Å². The maximum absolute atomic E-state index is 12.9. The monoisotopic (exact) mass is 375 g/mol. The van der Waals surface area contributed by atoms with E-state index in [4.69, 9.17) is 0 Å². The van der Waals surface area contributed by atoms with Gasteiger partial charge in [-0.1, -0.05) is 0 Å². The number of halogens is 2. The Morgan fingerprint density at radius 1 is 1.33 bits per heavy atom. The molecular weight excluding hydrogens is 364 g/mol. The van der Waals surface area contributed by atoms with Crippen molar-refractivity contribution in [2.45, 2.75) is 13.8 Å². The Bertz CT molecular complexity index is 590. The van der Waals surface area contributed by atoms with Gasteiger partial charge in [-0.2, -0.15) is 0 Å². The lowest BCUT2D eigenvalue weighted by atomic mass is 10.2. The van der Waals surface area contributed by atoms with Crippen LogP contribution in [0.15, 0.2) is 24.3 Å². The van der Waals surface area contributed by atoms with Crippen LogP contribution < -0.4 is 5.32 Å². The second-order valence-corrected chi connectivity index (χ2v) is 6.35. The van der Waals surface area contributed by atoms with Crippen LogP contribution in [0.2, 0.25) is 0 Å². The SMILES string of the molecule is Cc1cc(C(=O)Nc2ccc(F)cc2I)sc1C. The van der Waals surface area contributed by atoms with Crippen molar-refractivity contribution < 1.29 is 9.18 Å². The molecule has 5 heteroatoms. The summed E-state index contributed by atoms with van der Waals surface area (Å²) >= 11 is 3.46. The normalized spacial score (nSPS) is 10.4. The molecule has 0 unspecified atom stereocenters. The third-order valence-corrected chi connectivity index (χ3v) is 4.61. The van der Waals surface area contributed by atoms with E-state index in [-0.39, 0.29) is 11.7 Å². The number of carbonyl (C=O) groups excluding carboxylic acids is 1. The van der Waals surface area contributed by atoms with Gasteiger partial charge in [-0.05, 0) is 66.3 Å². The molecule has 0 aliphatic heterocycles. The second-order valence-electron chi connectivity index (χ2n) is 3.93. The molecular formula is C13H11FINOS. The molecule has 0 saturated heterocycles. The number of benzene rings is 1. The molecule has 0 radical (unpaired) electrons. The fraction of sp³-hybridized carbons (Fsp3) is 0.154. The van der Waals surface area contributed by atoms with Gasteiger partial charge in [-0.25, -0.2) is 4.39 Å². The van der Waals surface area contributed by atoms with Crippen LogP contribution in [0.4, 0.5) is 10.1 Å². The summed E-state index contributed by atoms with van der Waals surface area (Å²) in [5.41, 5.74) is 1.74. The average molecular weight is 375 g/mol. The minimum absolute atomic E-state index is 0.152. The van der Waals surface area contributed by atoms with E-state index in [1.807, 2.05) is 42.5 Å². The number of hydrogen-bond donors (Lipinski definition) is 1. The van der Waals surface area contributed by atoms with E-state index < -0.39 is 0 Å². The number of carbonyl (C=O) groups is 1. The summed E-state index contributed by atoms with van der Waals surface area (Å²) in [6.07, 6.45) is 0. The van der Waals surface area contributed by atoms with E-state index in [9.17, 15) is 9.18 Å². The lowest BCUT2D eigenvalue weighted by Gasteiger charge is -2.05. The van der Waals surface area contributed by atoms with Gasteiger partial charge in [0, 0.05) is 8.45 Å². The molecule has 0 atom stereocenters. The molecule has 0 fully saturated rings. The topological polar surface area (TPSA) is 29.1 Å². The van der Waals surface area contributed by atoms with Gasteiger partial charge >= 0.3 is 0 Å². The van der Waals surface area contributed by atoms with Gasteiger partial charge in [0.05, 0.1) is 10.6 Å². The Morgan fingerprint density at radius 2 is 2.06 bits per heavy atom. The highest BCUT2D eigenvalue weighted by atomic mass is 127. The van der Waals surface area contributed by atoms with Crippen LogP contribution in [0, 0.1) is 23.2 Å². The first-order valence-corrected chi connectivity index (χ1v) is 7.20. The summed E-state index contributed by atoms with van der Waals surface area (Å²) in [6.45, 7) is 3.96. The highest BCUT2D eigenvalue weighted by Crippen LogP contribution is 2.24. The Hall–Kier alpha value is -0.950. The van der Waals surface area contributed by atoms with Gasteiger partial charge in [-0.15, -0.1) is 11.3 Å². The average Bonchev–Trinajstić information content (AvgIpc) is 2.63. The molecule has 2 nitrogen and oxygen atoms in total.